The van der Waals surface area contributed by atoms with E-state index in [1.807, 2.05) is 0 Å². The third kappa shape index (κ3) is 0.716. The zero-order chi connectivity index (χ0) is 6.43. The smallest absolute Gasteiger partial charge is 0.109 e. The lowest BCUT2D eigenvalue weighted by Gasteiger charge is -2.11. The molecule has 1 saturated heterocycles. The van der Waals surface area contributed by atoms with Gasteiger partial charge in [0, 0.05) is 6.00 Å². The molecule has 2 aliphatic rings. The van der Waals surface area contributed by atoms with Gasteiger partial charge in [-0.3, -0.25) is 0 Å². The van der Waals surface area contributed by atoms with Crippen LogP contribution in [-0.2, 0) is 4.74 Å². The number of hydrogen-bond acceptors (Lipinski definition) is 2. The molecule has 2 nitrogen and oxygen atoms in total. The van der Waals surface area contributed by atoms with Gasteiger partial charge in [-0.1, -0.05) is 0 Å². The van der Waals surface area contributed by atoms with E-state index in [-0.39, 0.29) is 18.7 Å². The number of ether oxygens (including phenoxy) is 1. The van der Waals surface area contributed by atoms with Crippen LogP contribution in [0.4, 0.5) is 0 Å². The highest BCUT2D eigenvalue weighted by Crippen LogP contribution is 2.50. The highest BCUT2D eigenvalue weighted by atomic mass is 16.5. The molecule has 2 radical (unpaired) electrons. The normalized spacial score (nSPS) is 55.2. The molecule has 0 aromatic rings. The average molecular weight is 124 g/mol. The van der Waals surface area contributed by atoms with Gasteiger partial charge in [0.25, 0.3) is 0 Å². The summed E-state index contributed by atoms with van der Waals surface area (Å²) in [6.07, 6.45) is 1.21. The van der Waals surface area contributed by atoms with Gasteiger partial charge >= 0.3 is 0 Å². The van der Waals surface area contributed by atoms with Crippen LogP contribution >= 0.6 is 0 Å². The summed E-state index contributed by atoms with van der Waals surface area (Å²) < 4.78 is 5.20. The van der Waals surface area contributed by atoms with Crippen LogP contribution in [-0.4, -0.2) is 31.7 Å². The molecule has 0 spiro atoms. The summed E-state index contributed by atoms with van der Waals surface area (Å²) in [5.74, 6) is 1.13. The third-order valence-electron chi connectivity index (χ3n) is 2.30. The molecule has 1 heterocycles. The Bertz CT molecular complexity index is 128. The highest BCUT2D eigenvalue weighted by molar-refractivity contribution is 6.11. The minimum atomic E-state index is -0.0906. The van der Waals surface area contributed by atoms with Crippen LogP contribution in [0.15, 0.2) is 0 Å². The van der Waals surface area contributed by atoms with Crippen molar-refractivity contribution in [3.63, 3.8) is 0 Å². The fourth-order valence-corrected chi connectivity index (χ4v) is 1.62. The fraction of sp³-hybridized carbons (Fsp3) is 1.00. The van der Waals surface area contributed by atoms with E-state index < -0.39 is 0 Å². The standard InChI is InChI=1S/C6H9BO2/c7-6-4-1-3(4)5(2-8)9-6/h3-6,8H,1-2H2/t3-,4+,5-,6-/m1/s1. The quantitative estimate of drug-likeness (QED) is 0.478. The second kappa shape index (κ2) is 1.73. The molecule has 1 saturated carbocycles. The molecular weight excluding hydrogens is 115 g/mol. The number of fused-ring (bicyclic) bond motifs is 1. The van der Waals surface area contributed by atoms with E-state index >= 15 is 0 Å². The Balaban J connectivity index is 2.00. The van der Waals surface area contributed by atoms with E-state index in [4.69, 9.17) is 17.7 Å². The molecule has 1 aliphatic heterocycles. The molecule has 48 valence electrons. The monoisotopic (exact) mass is 124 g/mol. The van der Waals surface area contributed by atoms with Crippen molar-refractivity contribution in [2.75, 3.05) is 6.61 Å². The average Bonchev–Trinajstić information content (AvgIpc) is 2.56. The molecular formula is C6H9BO2. The first-order valence-electron chi connectivity index (χ1n) is 3.35. The van der Waals surface area contributed by atoms with E-state index in [1.165, 1.54) is 0 Å². The minimum absolute atomic E-state index is 0.0463. The highest BCUT2D eigenvalue weighted by Gasteiger charge is 2.52. The predicted octanol–water partition coefficient (Wildman–Crippen LogP) is -0.492. The molecule has 2 fully saturated rings. The van der Waals surface area contributed by atoms with Crippen molar-refractivity contribution in [1.29, 1.82) is 0 Å². The Labute approximate surface area is 55.6 Å². The summed E-state index contributed by atoms with van der Waals surface area (Å²) in [6.45, 7) is 0.134. The topological polar surface area (TPSA) is 29.5 Å². The minimum Gasteiger partial charge on any atom is -0.394 e. The predicted molar refractivity (Wildman–Crippen MR) is 33.1 cm³/mol. The Kier molecular flexibility index (Phi) is 1.11. The van der Waals surface area contributed by atoms with Crippen LogP contribution in [0.25, 0.3) is 0 Å². The van der Waals surface area contributed by atoms with Gasteiger partial charge in [-0.25, -0.2) is 0 Å². The largest absolute Gasteiger partial charge is 0.394 e. The zero-order valence-corrected chi connectivity index (χ0v) is 5.16. The van der Waals surface area contributed by atoms with Crippen LogP contribution in [0.1, 0.15) is 6.42 Å². The molecule has 1 aliphatic carbocycles. The number of aliphatic hydroxyl groups excluding tert-OH is 1. The Morgan fingerprint density at radius 3 is 2.56 bits per heavy atom. The van der Waals surface area contributed by atoms with Gasteiger partial charge < -0.3 is 9.84 Å². The summed E-state index contributed by atoms with van der Waals surface area (Å²) in [4.78, 5) is 0. The molecule has 1 N–H and O–H groups in total. The van der Waals surface area contributed by atoms with Crippen LogP contribution in [0.5, 0.6) is 0 Å². The lowest BCUT2D eigenvalue weighted by molar-refractivity contribution is 0.0174. The van der Waals surface area contributed by atoms with Crippen molar-refractivity contribution < 1.29 is 9.84 Å². The molecule has 0 amide bonds. The van der Waals surface area contributed by atoms with Crippen LogP contribution in [0.2, 0.25) is 0 Å². The third-order valence-corrected chi connectivity index (χ3v) is 2.30. The summed E-state index contributed by atoms with van der Waals surface area (Å²) in [7, 11) is 5.55. The molecule has 3 heteroatoms. The summed E-state index contributed by atoms with van der Waals surface area (Å²) >= 11 is 0. The molecule has 0 bridgehead atoms. The second-order valence-electron chi connectivity index (χ2n) is 2.89. The lowest BCUT2D eigenvalue weighted by Crippen LogP contribution is -2.20. The van der Waals surface area contributed by atoms with Crippen molar-refractivity contribution in [2.45, 2.75) is 18.5 Å². The number of aliphatic hydroxyl groups is 1. The maximum atomic E-state index is 8.70. The van der Waals surface area contributed by atoms with Gasteiger partial charge in [0.05, 0.1) is 12.7 Å². The SMILES string of the molecule is [B][C@@H]1O[C@H](CO)[C@@H]2C[C@@H]21. The van der Waals surface area contributed by atoms with Gasteiger partial charge in [0.1, 0.15) is 7.85 Å². The first-order valence-corrected chi connectivity index (χ1v) is 3.35. The Morgan fingerprint density at radius 2 is 2.33 bits per heavy atom. The van der Waals surface area contributed by atoms with Crippen LogP contribution in [0.3, 0.4) is 0 Å². The number of hydrogen-bond donors (Lipinski definition) is 1. The molecule has 2 rings (SSSR count). The van der Waals surface area contributed by atoms with Crippen molar-refractivity contribution in [3.8, 4) is 0 Å². The number of rotatable bonds is 1. The molecule has 0 aromatic carbocycles. The van der Waals surface area contributed by atoms with Crippen molar-refractivity contribution in [2.24, 2.45) is 11.8 Å². The molecule has 9 heavy (non-hydrogen) atoms. The van der Waals surface area contributed by atoms with Gasteiger partial charge in [-0.15, -0.1) is 0 Å². The first-order chi connectivity index (χ1) is 4.33. The van der Waals surface area contributed by atoms with Gasteiger partial charge in [-0.2, -0.15) is 0 Å². The maximum absolute atomic E-state index is 8.70. The van der Waals surface area contributed by atoms with Crippen LogP contribution < -0.4 is 0 Å². The Hall–Kier alpha value is -0.0151. The van der Waals surface area contributed by atoms with E-state index in [2.05, 4.69) is 0 Å². The van der Waals surface area contributed by atoms with E-state index in [0.717, 1.165) is 6.42 Å². The summed E-state index contributed by atoms with van der Waals surface area (Å²) in [6, 6.07) is -0.0906. The van der Waals surface area contributed by atoms with Gasteiger partial charge in [-0.05, 0) is 18.3 Å². The summed E-state index contributed by atoms with van der Waals surface area (Å²) in [5, 5.41) is 8.70. The maximum Gasteiger partial charge on any atom is 0.109 e. The second-order valence-corrected chi connectivity index (χ2v) is 2.89. The lowest BCUT2D eigenvalue weighted by atomic mass is 9.96. The first kappa shape index (κ1) is 5.75. The molecule has 0 unspecified atom stereocenters. The van der Waals surface area contributed by atoms with E-state index in [9.17, 15) is 0 Å². The Morgan fingerprint density at radius 1 is 1.56 bits per heavy atom. The van der Waals surface area contributed by atoms with Gasteiger partial charge in [0.2, 0.25) is 0 Å². The van der Waals surface area contributed by atoms with Crippen molar-refractivity contribution >= 4 is 7.85 Å². The van der Waals surface area contributed by atoms with Crippen molar-refractivity contribution in [3.05, 3.63) is 0 Å². The van der Waals surface area contributed by atoms with Gasteiger partial charge in [0.15, 0.2) is 0 Å². The fourth-order valence-electron chi connectivity index (χ4n) is 1.62. The summed E-state index contributed by atoms with van der Waals surface area (Å²) in [5.41, 5.74) is 0. The van der Waals surface area contributed by atoms with Crippen LogP contribution in [0, 0.1) is 11.8 Å². The van der Waals surface area contributed by atoms with E-state index in [1.54, 1.807) is 0 Å². The van der Waals surface area contributed by atoms with Crippen molar-refractivity contribution in [1.82, 2.24) is 0 Å². The molecule has 4 atom stereocenters. The van der Waals surface area contributed by atoms with E-state index in [0.29, 0.717) is 11.8 Å². The molecule has 0 aromatic heterocycles. The zero-order valence-electron chi connectivity index (χ0n) is 5.16.